The number of sulfonamides is 1. The molecule has 0 unspecified atom stereocenters. The van der Waals surface area contributed by atoms with Gasteiger partial charge in [-0.2, -0.15) is 0 Å². The number of aromatic carboxylic acids is 1. The lowest BCUT2D eigenvalue weighted by Crippen LogP contribution is -2.13. The standard InChI is InChI=1S/C20H18N2O6S/c1-12-11-15(5-8-17(12)18-9-10-19(28-18)20(24)25)22-29(26,27)16-6-3-14(4-7-16)21-13(2)23/h3-11,22H,1-2H3,(H,21,23)(H,24,25). The van der Waals surface area contributed by atoms with E-state index in [0.29, 0.717) is 28.3 Å². The fraction of sp³-hybridized carbons (Fsp3) is 0.100. The predicted molar refractivity (Wildman–Crippen MR) is 107 cm³/mol. The highest BCUT2D eigenvalue weighted by Crippen LogP contribution is 2.28. The van der Waals surface area contributed by atoms with Crippen molar-refractivity contribution in [3.05, 3.63) is 65.9 Å². The first-order valence-corrected chi connectivity index (χ1v) is 9.98. The van der Waals surface area contributed by atoms with Gasteiger partial charge in [-0.3, -0.25) is 9.52 Å². The van der Waals surface area contributed by atoms with Crippen molar-refractivity contribution < 1.29 is 27.5 Å². The molecule has 0 bridgehead atoms. The number of carbonyl (C=O) groups excluding carboxylic acids is 1. The lowest BCUT2D eigenvalue weighted by molar-refractivity contribution is -0.114. The Morgan fingerprint density at radius 3 is 2.17 bits per heavy atom. The van der Waals surface area contributed by atoms with E-state index in [-0.39, 0.29) is 16.6 Å². The molecule has 29 heavy (non-hydrogen) atoms. The summed E-state index contributed by atoms with van der Waals surface area (Å²) < 4.78 is 33.0. The summed E-state index contributed by atoms with van der Waals surface area (Å²) in [7, 11) is -3.82. The van der Waals surface area contributed by atoms with E-state index in [0.717, 1.165) is 0 Å². The molecule has 0 aliphatic heterocycles. The summed E-state index contributed by atoms with van der Waals surface area (Å²) in [6.45, 7) is 3.13. The van der Waals surface area contributed by atoms with E-state index in [2.05, 4.69) is 10.0 Å². The van der Waals surface area contributed by atoms with Crippen LogP contribution in [0.3, 0.4) is 0 Å². The summed E-state index contributed by atoms with van der Waals surface area (Å²) in [4.78, 5) is 22.1. The minimum atomic E-state index is -3.82. The number of anilines is 2. The van der Waals surface area contributed by atoms with Crippen molar-refractivity contribution in [1.82, 2.24) is 0 Å². The van der Waals surface area contributed by atoms with Crippen LogP contribution in [0.1, 0.15) is 23.0 Å². The average Bonchev–Trinajstić information content (AvgIpc) is 3.11. The van der Waals surface area contributed by atoms with Crippen LogP contribution in [0.25, 0.3) is 11.3 Å². The van der Waals surface area contributed by atoms with Crippen molar-refractivity contribution in [2.24, 2.45) is 0 Å². The fourth-order valence-electron chi connectivity index (χ4n) is 2.74. The van der Waals surface area contributed by atoms with Gasteiger partial charge in [0.05, 0.1) is 4.90 Å². The molecule has 0 fully saturated rings. The lowest BCUT2D eigenvalue weighted by Gasteiger charge is -2.11. The Morgan fingerprint density at radius 1 is 0.966 bits per heavy atom. The molecule has 3 aromatic rings. The highest BCUT2D eigenvalue weighted by atomic mass is 32.2. The third-order valence-electron chi connectivity index (χ3n) is 4.05. The number of carboxylic acid groups (broad SMARTS) is 1. The van der Waals surface area contributed by atoms with E-state index in [1.807, 2.05) is 0 Å². The minimum Gasteiger partial charge on any atom is -0.475 e. The van der Waals surface area contributed by atoms with Crippen LogP contribution in [0.2, 0.25) is 0 Å². The van der Waals surface area contributed by atoms with Crippen LogP contribution < -0.4 is 10.0 Å². The molecule has 3 N–H and O–H groups in total. The summed E-state index contributed by atoms with van der Waals surface area (Å²) in [5.41, 5.74) is 2.20. The summed E-state index contributed by atoms with van der Waals surface area (Å²) in [5.74, 6) is -1.21. The topological polar surface area (TPSA) is 126 Å². The average molecular weight is 414 g/mol. The first-order valence-electron chi connectivity index (χ1n) is 8.50. The zero-order valence-corrected chi connectivity index (χ0v) is 16.4. The van der Waals surface area contributed by atoms with Gasteiger partial charge >= 0.3 is 5.97 Å². The summed E-state index contributed by atoms with van der Waals surface area (Å²) in [5, 5.41) is 11.5. The predicted octanol–water partition coefficient (Wildman–Crippen LogP) is 3.71. The maximum atomic E-state index is 12.6. The molecule has 2 aromatic carbocycles. The highest BCUT2D eigenvalue weighted by Gasteiger charge is 2.16. The van der Waals surface area contributed by atoms with E-state index in [1.54, 1.807) is 31.2 Å². The van der Waals surface area contributed by atoms with Gasteiger partial charge in [0.2, 0.25) is 11.7 Å². The fourth-order valence-corrected chi connectivity index (χ4v) is 3.79. The van der Waals surface area contributed by atoms with Crippen molar-refractivity contribution in [3.8, 4) is 11.3 Å². The van der Waals surface area contributed by atoms with Gasteiger partial charge in [-0.25, -0.2) is 13.2 Å². The number of hydrogen-bond acceptors (Lipinski definition) is 5. The number of hydrogen-bond donors (Lipinski definition) is 3. The van der Waals surface area contributed by atoms with Crippen molar-refractivity contribution in [2.45, 2.75) is 18.7 Å². The van der Waals surface area contributed by atoms with Gasteiger partial charge < -0.3 is 14.8 Å². The second-order valence-corrected chi connectivity index (χ2v) is 7.99. The molecule has 0 aliphatic rings. The summed E-state index contributed by atoms with van der Waals surface area (Å²) in [6, 6.07) is 13.5. The van der Waals surface area contributed by atoms with Crippen LogP contribution in [0, 0.1) is 6.92 Å². The van der Waals surface area contributed by atoms with Gasteiger partial charge in [-0.1, -0.05) is 0 Å². The van der Waals surface area contributed by atoms with E-state index in [1.165, 1.54) is 37.3 Å². The molecule has 150 valence electrons. The second kappa shape index (κ2) is 7.80. The number of furan rings is 1. The first-order chi connectivity index (χ1) is 13.7. The van der Waals surface area contributed by atoms with Crippen molar-refractivity contribution in [3.63, 3.8) is 0 Å². The van der Waals surface area contributed by atoms with Gasteiger partial charge in [-0.05, 0) is 67.1 Å². The molecule has 8 nitrogen and oxygen atoms in total. The number of amides is 1. The summed E-state index contributed by atoms with van der Waals surface area (Å²) >= 11 is 0. The quantitative estimate of drug-likeness (QED) is 0.564. The monoisotopic (exact) mass is 414 g/mol. The van der Waals surface area contributed by atoms with E-state index in [4.69, 9.17) is 9.52 Å². The van der Waals surface area contributed by atoms with Gasteiger partial charge in [0.25, 0.3) is 10.0 Å². The van der Waals surface area contributed by atoms with Crippen LogP contribution >= 0.6 is 0 Å². The Bertz CT molecular complexity index is 1180. The molecule has 3 rings (SSSR count). The number of carbonyl (C=O) groups is 2. The molecule has 0 aliphatic carbocycles. The molecule has 1 aromatic heterocycles. The first kappa shape index (κ1) is 20.2. The third kappa shape index (κ3) is 4.64. The normalized spacial score (nSPS) is 11.1. The molecule has 1 amide bonds. The number of rotatable bonds is 6. The Morgan fingerprint density at radius 2 is 1.62 bits per heavy atom. The molecule has 0 saturated heterocycles. The number of benzene rings is 2. The van der Waals surface area contributed by atoms with E-state index < -0.39 is 16.0 Å². The maximum absolute atomic E-state index is 12.6. The van der Waals surface area contributed by atoms with Gasteiger partial charge in [0, 0.05) is 23.9 Å². The molecule has 0 atom stereocenters. The molecule has 9 heteroatoms. The van der Waals surface area contributed by atoms with E-state index >= 15 is 0 Å². The van der Waals surface area contributed by atoms with Crippen LogP contribution in [-0.4, -0.2) is 25.4 Å². The minimum absolute atomic E-state index is 0.0467. The number of nitrogens with one attached hydrogen (secondary N) is 2. The van der Waals surface area contributed by atoms with E-state index in [9.17, 15) is 18.0 Å². The summed E-state index contributed by atoms with van der Waals surface area (Å²) in [6.07, 6.45) is 0. The van der Waals surface area contributed by atoms with Crippen molar-refractivity contribution >= 4 is 33.3 Å². The van der Waals surface area contributed by atoms with Crippen molar-refractivity contribution in [2.75, 3.05) is 10.0 Å². The number of carboxylic acids is 1. The van der Waals surface area contributed by atoms with Gasteiger partial charge in [-0.15, -0.1) is 0 Å². The second-order valence-electron chi connectivity index (χ2n) is 6.31. The van der Waals surface area contributed by atoms with Gasteiger partial charge in [0.1, 0.15) is 5.76 Å². The third-order valence-corrected chi connectivity index (χ3v) is 5.44. The van der Waals surface area contributed by atoms with Crippen LogP contribution in [0.15, 0.2) is 63.9 Å². The SMILES string of the molecule is CC(=O)Nc1ccc(S(=O)(=O)Nc2ccc(-c3ccc(C(=O)O)o3)c(C)c2)cc1. The molecular weight excluding hydrogens is 396 g/mol. The Kier molecular flexibility index (Phi) is 5.42. The van der Waals surface area contributed by atoms with Crippen LogP contribution in [0.5, 0.6) is 0 Å². The van der Waals surface area contributed by atoms with Crippen LogP contribution in [0.4, 0.5) is 11.4 Å². The molecule has 0 spiro atoms. The molecular formula is C20H18N2O6S. The van der Waals surface area contributed by atoms with Crippen LogP contribution in [-0.2, 0) is 14.8 Å². The number of aryl methyl sites for hydroxylation is 1. The molecule has 0 radical (unpaired) electrons. The zero-order valence-electron chi connectivity index (χ0n) is 15.6. The largest absolute Gasteiger partial charge is 0.475 e. The maximum Gasteiger partial charge on any atom is 0.371 e. The Labute approximate surface area is 167 Å². The lowest BCUT2D eigenvalue weighted by atomic mass is 10.1. The molecule has 0 saturated carbocycles. The zero-order chi connectivity index (χ0) is 21.2. The highest BCUT2D eigenvalue weighted by molar-refractivity contribution is 7.92. The van der Waals surface area contributed by atoms with Crippen molar-refractivity contribution in [1.29, 1.82) is 0 Å². The smallest absolute Gasteiger partial charge is 0.371 e. The van der Waals surface area contributed by atoms with Gasteiger partial charge in [0.15, 0.2) is 0 Å². The Hall–Kier alpha value is -3.59. The molecule has 1 heterocycles. The Balaban J connectivity index is 1.81.